The van der Waals surface area contributed by atoms with Gasteiger partial charge in [-0.3, -0.25) is 4.79 Å². The van der Waals surface area contributed by atoms with Crippen molar-refractivity contribution in [3.8, 4) is 0 Å². The van der Waals surface area contributed by atoms with Crippen molar-refractivity contribution in [2.45, 2.75) is 26.3 Å². The lowest BCUT2D eigenvalue weighted by atomic mass is 10.0. The van der Waals surface area contributed by atoms with E-state index in [1.165, 1.54) is 10.5 Å². The number of nitrogens with zero attached hydrogens (tertiary/aromatic N) is 3. The molecule has 0 saturated heterocycles. The predicted octanol–water partition coefficient (Wildman–Crippen LogP) is 4.02. The number of hydrogen-bond donors (Lipinski definition) is 2. The molecule has 0 radical (unpaired) electrons. The molecule has 1 aliphatic rings. The molecule has 3 aromatic rings. The fourth-order valence-corrected chi connectivity index (χ4v) is 4.91. The Hall–Kier alpha value is -2.97. The average molecular weight is 438 g/mol. The van der Waals surface area contributed by atoms with E-state index in [9.17, 15) is 4.79 Å². The van der Waals surface area contributed by atoms with Crippen LogP contribution in [-0.4, -0.2) is 47.6 Å². The van der Waals surface area contributed by atoms with Crippen LogP contribution < -0.4 is 11.1 Å². The van der Waals surface area contributed by atoms with Crippen LogP contribution in [-0.2, 0) is 9.53 Å². The van der Waals surface area contributed by atoms with Crippen LogP contribution in [0.2, 0.25) is 0 Å². The van der Waals surface area contributed by atoms with Gasteiger partial charge in [-0.2, -0.15) is 0 Å². The predicted molar refractivity (Wildman–Crippen MR) is 126 cm³/mol. The van der Waals surface area contributed by atoms with Gasteiger partial charge >= 0.3 is 0 Å². The van der Waals surface area contributed by atoms with Crippen LogP contribution in [0.1, 0.15) is 35.4 Å². The number of rotatable bonds is 6. The largest absolute Gasteiger partial charge is 0.399 e. The monoisotopic (exact) mass is 437 g/mol. The molecule has 0 bridgehead atoms. The van der Waals surface area contributed by atoms with E-state index in [0.29, 0.717) is 13.1 Å². The summed E-state index contributed by atoms with van der Waals surface area (Å²) in [6.45, 7) is 5.58. The molecule has 3 N–H and O–H groups in total. The van der Waals surface area contributed by atoms with Gasteiger partial charge in [-0.15, -0.1) is 11.3 Å². The molecule has 0 spiro atoms. The second-order valence-electron chi connectivity index (χ2n) is 7.85. The first-order valence-electron chi connectivity index (χ1n) is 10.3. The Kier molecular flexibility index (Phi) is 6.20. The summed E-state index contributed by atoms with van der Waals surface area (Å²) in [5, 5.41) is 4.53. The van der Waals surface area contributed by atoms with Crippen LogP contribution in [0.5, 0.6) is 0 Å². The smallest absolute Gasteiger partial charge is 0.248 e. The number of hydrogen-bond acceptors (Lipinski definition) is 7. The second kappa shape index (κ2) is 9.03. The number of benzene rings is 1. The van der Waals surface area contributed by atoms with Crippen LogP contribution in [0, 0.1) is 6.92 Å². The number of aryl methyl sites for hydroxylation is 1. The molecule has 1 aliphatic heterocycles. The number of nitrogens with one attached hydrogen (secondary N) is 1. The topological polar surface area (TPSA) is 93.4 Å². The van der Waals surface area contributed by atoms with Crippen LogP contribution in [0.25, 0.3) is 15.8 Å². The number of methoxy groups -OCH3 is 1. The number of carbonyl (C=O) groups is 1. The van der Waals surface area contributed by atoms with Crippen LogP contribution >= 0.6 is 11.3 Å². The molecule has 0 fully saturated rings. The van der Waals surface area contributed by atoms with Crippen molar-refractivity contribution >= 4 is 44.5 Å². The average Bonchev–Trinajstić information content (AvgIpc) is 3.19. The van der Waals surface area contributed by atoms with Gasteiger partial charge in [-0.1, -0.05) is 12.1 Å². The number of aromatic nitrogens is 2. The Balaban J connectivity index is 1.55. The molecule has 31 heavy (non-hydrogen) atoms. The molecule has 7 nitrogen and oxygen atoms in total. The van der Waals surface area contributed by atoms with Gasteiger partial charge in [0.15, 0.2) is 0 Å². The number of ether oxygens (including phenoxy) is 1. The number of carbonyl (C=O) groups excluding carboxylic acids is 1. The van der Waals surface area contributed by atoms with E-state index in [1.54, 1.807) is 24.8 Å². The molecule has 0 aliphatic carbocycles. The van der Waals surface area contributed by atoms with Crippen molar-refractivity contribution in [1.82, 2.24) is 14.9 Å². The minimum atomic E-state index is 0.0252. The molecular formula is C23H27N5O2S. The zero-order chi connectivity index (χ0) is 22.0. The number of anilines is 2. The molecule has 1 aromatic carbocycles. The van der Waals surface area contributed by atoms with E-state index in [1.807, 2.05) is 24.0 Å². The third kappa shape index (κ3) is 4.70. The zero-order valence-electron chi connectivity index (χ0n) is 18.0. The first-order valence-corrected chi connectivity index (χ1v) is 11.1. The Morgan fingerprint density at radius 2 is 2.16 bits per heavy atom. The maximum atomic E-state index is 12.0. The Morgan fingerprint density at radius 3 is 2.87 bits per heavy atom. The number of amides is 1. The molecular weight excluding hydrogens is 410 g/mol. The fraction of sp³-hybridized carbons (Fsp3) is 0.348. The minimum absolute atomic E-state index is 0.0252. The van der Waals surface area contributed by atoms with Crippen LogP contribution in [0.4, 0.5) is 11.5 Å². The molecule has 4 rings (SSSR count). The zero-order valence-corrected chi connectivity index (χ0v) is 18.8. The molecule has 2 aromatic heterocycles. The number of nitrogen functional groups attached to an aromatic ring is 1. The van der Waals surface area contributed by atoms with Gasteiger partial charge in [0, 0.05) is 30.8 Å². The molecule has 162 valence electrons. The lowest BCUT2D eigenvalue weighted by molar-refractivity contribution is -0.134. The summed E-state index contributed by atoms with van der Waals surface area (Å²) in [5.41, 5.74) is 10.3. The van der Waals surface area contributed by atoms with Gasteiger partial charge in [0.25, 0.3) is 0 Å². The molecule has 8 heteroatoms. The Morgan fingerprint density at radius 1 is 1.32 bits per heavy atom. The summed E-state index contributed by atoms with van der Waals surface area (Å²) in [4.78, 5) is 24.9. The molecule has 3 heterocycles. The van der Waals surface area contributed by atoms with Crippen LogP contribution in [0.15, 0.2) is 36.7 Å². The standard InChI is InChI=1S/C23H27N5O2S/c1-14-8-17(10-18(24)9-14)15(2)27-22-19-11-20(31-23(19)26-13-25-22)16-4-6-28(7-5-16)21(29)12-30-3/h4,8-11,13,15H,5-7,12,24H2,1-3H3,(H,25,26,27)/t15-/m1/s1. The fourth-order valence-electron chi connectivity index (χ4n) is 3.84. The van der Waals surface area contributed by atoms with E-state index in [4.69, 9.17) is 10.5 Å². The summed E-state index contributed by atoms with van der Waals surface area (Å²) >= 11 is 1.66. The van der Waals surface area contributed by atoms with Crippen LogP contribution in [0.3, 0.4) is 0 Å². The highest BCUT2D eigenvalue weighted by Gasteiger charge is 2.20. The molecule has 1 atom stereocenters. The van der Waals surface area contributed by atoms with Crippen molar-refractivity contribution in [2.24, 2.45) is 0 Å². The van der Waals surface area contributed by atoms with E-state index < -0.39 is 0 Å². The quantitative estimate of drug-likeness (QED) is 0.566. The van der Waals surface area contributed by atoms with E-state index in [0.717, 1.165) is 39.3 Å². The first kappa shape index (κ1) is 21.3. The lowest BCUT2D eigenvalue weighted by Crippen LogP contribution is -2.36. The van der Waals surface area contributed by atoms with Gasteiger partial charge in [-0.25, -0.2) is 9.97 Å². The SMILES string of the molecule is COCC(=O)N1CC=C(c2cc3c(N[C@H](C)c4cc(C)cc(N)c4)ncnc3s2)CC1. The highest BCUT2D eigenvalue weighted by molar-refractivity contribution is 7.19. The third-order valence-corrected chi connectivity index (χ3v) is 6.57. The lowest BCUT2D eigenvalue weighted by Gasteiger charge is -2.25. The molecule has 1 amide bonds. The summed E-state index contributed by atoms with van der Waals surface area (Å²) in [5.74, 6) is 0.839. The molecule has 0 unspecified atom stereocenters. The summed E-state index contributed by atoms with van der Waals surface area (Å²) < 4.78 is 4.96. The summed E-state index contributed by atoms with van der Waals surface area (Å²) in [6.07, 6.45) is 4.54. The highest BCUT2D eigenvalue weighted by atomic mass is 32.1. The normalized spacial score (nSPS) is 15.1. The number of thiophene rings is 1. The summed E-state index contributed by atoms with van der Waals surface area (Å²) in [6, 6.07) is 8.29. The maximum Gasteiger partial charge on any atom is 0.248 e. The number of fused-ring (bicyclic) bond motifs is 1. The second-order valence-corrected chi connectivity index (χ2v) is 8.88. The van der Waals surface area contributed by atoms with Gasteiger partial charge in [0.1, 0.15) is 23.6 Å². The van der Waals surface area contributed by atoms with Gasteiger partial charge in [0.05, 0.1) is 11.4 Å². The van der Waals surface area contributed by atoms with E-state index >= 15 is 0 Å². The summed E-state index contributed by atoms with van der Waals surface area (Å²) in [7, 11) is 1.54. The highest BCUT2D eigenvalue weighted by Crippen LogP contribution is 2.35. The van der Waals surface area contributed by atoms with Crippen molar-refractivity contribution in [2.75, 3.05) is 37.9 Å². The Labute approximate surface area is 185 Å². The van der Waals surface area contributed by atoms with Crippen molar-refractivity contribution in [3.05, 3.63) is 52.7 Å². The van der Waals surface area contributed by atoms with Gasteiger partial charge in [-0.05, 0) is 55.2 Å². The maximum absolute atomic E-state index is 12.0. The van der Waals surface area contributed by atoms with Crippen molar-refractivity contribution in [1.29, 1.82) is 0 Å². The van der Waals surface area contributed by atoms with E-state index in [-0.39, 0.29) is 18.6 Å². The minimum Gasteiger partial charge on any atom is -0.399 e. The first-order chi connectivity index (χ1) is 14.9. The van der Waals surface area contributed by atoms with Gasteiger partial charge < -0.3 is 20.7 Å². The van der Waals surface area contributed by atoms with Gasteiger partial charge in [0.2, 0.25) is 5.91 Å². The van der Waals surface area contributed by atoms with Crippen molar-refractivity contribution in [3.63, 3.8) is 0 Å². The van der Waals surface area contributed by atoms with Crippen molar-refractivity contribution < 1.29 is 9.53 Å². The number of nitrogens with two attached hydrogens (primary N) is 1. The van der Waals surface area contributed by atoms with E-state index in [2.05, 4.69) is 40.4 Å². The Bertz CT molecular complexity index is 1120. The third-order valence-electron chi connectivity index (χ3n) is 5.45. The molecule has 0 saturated carbocycles.